The van der Waals surface area contributed by atoms with Crippen LogP contribution in [0.3, 0.4) is 0 Å². The van der Waals surface area contributed by atoms with Crippen LogP contribution in [-0.4, -0.2) is 11.7 Å². The maximum atomic E-state index is 13.2. The summed E-state index contributed by atoms with van der Waals surface area (Å²) >= 11 is 0. The van der Waals surface area contributed by atoms with E-state index in [0.717, 1.165) is 33.3 Å². The molecule has 0 aliphatic rings. The van der Waals surface area contributed by atoms with Gasteiger partial charge in [0.15, 0.2) is 0 Å². The lowest BCUT2D eigenvalue weighted by Gasteiger charge is -2.17. The number of hydrogen-bond acceptors (Lipinski definition) is 3. The molecule has 3 aromatic carbocycles. The molecule has 4 nitrogen and oxygen atoms in total. The molecule has 1 N–H and O–H groups in total. The highest BCUT2D eigenvalue weighted by atomic mass is 16.5. The zero-order chi connectivity index (χ0) is 19.5. The van der Waals surface area contributed by atoms with Crippen molar-refractivity contribution in [3.05, 3.63) is 94.8 Å². The molecule has 0 amide bonds. The van der Waals surface area contributed by atoms with Crippen molar-refractivity contribution in [1.82, 2.24) is 4.57 Å². The fourth-order valence-corrected chi connectivity index (χ4v) is 3.50. The highest BCUT2D eigenvalue weighted by Gasteiger charge is 2.16. The summed E-state index contributed by atoms with van der Waals surface area (Å²) in [6.07, 6.45) is 0. The van der Waals surface area contributed by atoms with Crippen LogP contribution in [0.1, 0.15) is 5.56 Å². The first-order chi connectivity index (χ1) is 13.7. The summed E-state index contributed by atoms with van der Waals surface area (Å²) in [5, 5.41) is 4.43. The van der Waals surface area contributed by atoms with E-state index in [1.54, 1.807) is 11.7 Å². The Morgan fingerprint density at radius 3 is 2.29 bits per heavy atom. The fourth-order valence-electron chi connectivity index (χ4n) is 3.50. The Hall–Kier alpha value is -3.53. The fraction of sp³-hybridized carbons (Fsp3) is 0.125. The first-order valence-electron chi connectivity index (χ1n) is 9.23. The zero-order valence-corrected chi connectivity index (χ0v) is 16.0. The minimum absolute atomic E-state index is 0.0413. The molecule has 0 atom stereocenters. The van der Waals surface area contributed by atoms with Gasteiger partial charge in [-0.3, -0.25) is 4.79 Å². The summed E-state index contributed by atoms with van der Waals surface area (Å²) in [5.74, 6) is 0.788. The van der Waals surface area contributed by atoms with Gasteiger partial charge in [0, 0.05) is 24.5 Å². The van der Waals surface area contributed by atoms with Crippen LogP contribution < -0.4 is 15.6 Å². The van der Waals surface area contributed by atoms with Gasteiger partial charge in [-0.1, -0.05) is 60.7 Å². The summed E-state index contributed by atoms with van der Waals surface area (Å²) < 4.78 is 6.99. The number of ether oxygens (including phenoxy) is 1. The van der Waals surface area contributed by atoms with Gasteiger partial charge in [-0.25, -0.2) is 0 Å². The van der Waals surface area contributed by atoms with E-state index in [1.807, 2.05) is 79.8 Å². The molecule has 1 heterocycles. The quantitative estimate of drug-likeness (QED) is 0.547. The lowest BCUT2D eigenvalue weighted by Crippen LogP contribution is -2.22. The van der Waals surface area contributed by atoms with Gasteiger partial charge in [0.2, 0.25) is 0 Å². The van der Waals surface area contributed by atoms with Crippen LogP contribution in [0, 0.1) is 0 Å². The zero-order valence-electron chi connectivity index (χ0n) is 16.0. The summed E-state index contributed by atoms with van der Waals surface area (Å²) in [6, 6.07) is 25.9. The number of aromatic nitrogens is 1. The minimum atomic E-state index is -0.0413. The maximum absolute atomic E-state index is 13.2. The van der Waals surface area contributed by atoms with Crippen molar-refractivity contribution < 1.29 is 4.74 Å². The van der Waals surface area contributed by atoms with Gasteiger partial charge in [-0.15, -0.1) is 0 Å². The van der Waals surface area contributed by atoms with E-state index in [1.165, 1.54) is 0 Å². The summed E-state index contributed by atoms with van der Waals surface area (Å²) in [5.41, 5.74) is 4.49. The Labute approximate surface area is 164 Å². The molecule has 4 rings (SSSR count). The van der Waals surface area contributed by atoms with Crippen LogP contribution in [0.2, 0.25) is 0 Å². The van der Waals surface area contributed by atoms with Crippen LogP contribution in [0.15, 0.2) is 83.7 Å². The smallest absolute Gasteiger partial charge is 0.274 e. The molecule has 4 heteroatoms. The number of methoxy groups -OCH3 is 1. The molecule has 0 unspecified atom stereocenters. The highest BCUT2D eigenvalue weighted by Crippen LogP contribution is 2.34. The SMILES string of the molecule is COc1ccc(-c2c(NCc3ccccc3)c(=O)n(C)c3ccccc23)cc1. The molecular weight excluding hydrogens is 348 g/mol. The first-order valence-corrected chi connectivity index (χ1v) is 9.23. The predicted molar refractivity (Wildman–Crippen MR) is 115 cm³/mol. The topological polar surface area (TPSA) is 43.3 Å². The highest BCUT2D eigenvalue weighted by molar-refractivity contribution is 6.01. The van der Waals surface area contributed by atoms with Gasteiger partial charge < -0.3 is 14.6 Å². The van der Waals surface area contributed by atoms with E-state index >= 15 is 0 Å². The van der Waals surface area contributed by atoms with Gasteiger partial charge in [0.1, 0.15) is 11.4 Å². The Kier molecular flexibility index (Phi) is 4.85. The molecule has 28 heavy (non-hydrogen) atoms. The van der Waals surface area contributed by atoms with Crippen molar-refractivity contribution >= 4 is 16.6 Å². The molecule has 0 saturated carbocycles. The van der Waals surface area contributed by atoms with Gasteiger partial charge in [-0.05, 0) is 29.3 Å². The number of pyridine rings is 1. The molecule has 1 aromatic heterocycles. The van der Waals surface area contributed by atoms with Gasteiger partial charge in [-0.2, -0.15) is 0 Å². The molecule has 0 saturated heterocycles. The molecule has 0 spiro atoms. The number of para-hydroxylation sites is 1. The van der Waals surface area contributed by atoms with Gasteiger partial charge in [0.05, 0.1) is 12.6 Å². The van der Waals surface area contributed by atoms with Crippen molar-refractivity contribution in [3.63, 3.8) is 0 Å². The Morgan fingerprint density at radius 2 is 1.57 bits per heavy atom. The molecule has 140 valence electrons. The number of anilines is 1. The average molecular weight is 370 g/mol. The standard InChI is InChI=1S/C24H22N2O2/c1-26-21-11-7-6-10-20(21)22(18-12-14-19(28-2)15-13-18)23(24(26)27)25-16-17-8-4-3-5-9-17/h3-15,25H,16H2,1-2H3. The lowest BCUT2D eigenvalue weighted by atomic mass is 9.98. The van der Waals surface area contributed by atoms with E-state index < -0.39 is 0 Å². The maximum Gasteiger partial charge on any atom is 0.274 e. The summed E-state index contributed by atoms with van der Waals surface area (Å²) in [4.78, 5) is 13.2. The van der Waals surface area contributed by atoms with Crippen molar-refractivity contribution in [2.45, 2.75) is 6.54 Å². The third-order valence-corrected chi connectivity index (χ3v) is 4.99. The van der Waals surface area contributed by atoms with Crippen LogP contribution in [-0.2, 0) is 13.6 Å². The largest absolute Gasteiger partial charge is 0.497 e. The molecule has 0 fully saturated rings. The molecular formula is C24H22N2O2. The van der Waals surface area contributed by atoms with Crippen molar-refractivity contribution in [3.8, 4) is 16.9 Å². The van der Waals surface area contributed by atoms with Crippen molar-refractivity contribution in [1.29, 1.82) is 0 Å². The lowest BCUT2D eigenvalue weighted by molar-refractivity contribution is 0.415. The van der Waals surface area contributed by atoms with Crippen molar-refractivity contribution in [2.24, 2.45) is 7.05 Å². The van der Waals surface area contributed by atoms with Crippen molar-refractivity contribution in [2.75, 3.05) is 12.4 Å². The summed E-state index contributed by atoms with van der Waals surface area (Å²) in [6.45, 7) is 0.581. The Balaban J connectivity index is 1.91. The number of benzene rings is 3. The van der Waals surface area contributed by atoms with Crippen LogP contribution in [0.5, 0.6) is 5.75 Å². The minimum Gasteiger partial charge on any atom is -0.497 e. The number of aryl methyl sites for hydroxylation is 1. The number of hydrogen-bond donors (Lipinski definition) is 1. The second-order valence-electron chi connectivity index (χ2n) is 6.70. The predicted octanol–water partition coefficient (Wildman–Crippen LogP) is 4.83. The Bertz CT molecular complexity index is 1160. The van der Waals surface area contributed by atoms with Crippen LogP contribution in [0.25, 0.3) is 22.0 Å². The average Bonchev–Trinajstić information content (AvgIpc) is 2.76. The first kappa shape index (κ1) is 17.9. The Morgan fingerprint density at radius 1 is 0.893 bits per heavy atom. The third kappa shape index (κ3) is 3.25. The molecule has 0 aliphatic carbocycles. The molecule has 0 bridgehead atoms. The van der Waals surface area contributed by atoms with Gasteiger partial charge in [0.25, 0.3) is 5.56 Å². The van der Waals surface area contributed by atoms with Crippen LogP contribution >= 0.6 is 0 Å². The van der Waals surface area contributed by atoms with E-state index in [9.17, 15) is 4.79 Å². The van der Waals surface area contributed by atoms with Crippen LogP contribution in [0.4, 0.5) is 5.69 Å². The normalized spacial score (nSPS) is 10.8. The number of nitrogens with zero attached hydrogens (tertiary/aromatic N) is 1. The van der Waals surface area contributed by atoms with E-state index in [2.05, 4.69) is 11.4 Å². The monoisotopic (exact) mass is 370 g/mol. The third-order valence-electron chi connectivity index (χ3n) is 4.99. The van der Waals surface area contributed by atoms with E-state index in [-0.39, 0.29) is 5.56 Å². The number of rotatable bonds is 5. The summed E-state index contributed by atoms with van der Waals surface area (Å²) in [7, 11) is 3.46. The second kappa shape index (κ2) is 7.61. The van der Waals surface area contributed by atoms with E-state index in [0.29, 0.717) is 12.2 Å². The number of fused-ring (bicyclic) bond motifs is 1. The molecule has 0 radical (unpaired) electrons. The number of nitrogens with one attached hydrogen (secondary N) is 1. The van der Waals surface area contributed by atoms with Gasteiger partial charge >= 0.3 is 0 Å². The molecule has 0 aliphatic heterocycles. The molecule has 4 aromatic rings. The second-order valence-corrected chi connectivity index (χ2v) is 6.70. The van der Waals surface area contributed by atoms with E-state index in [4.69, 9.17) is 4.74 Å².